The van der Waals surface area contributed by atoms with Crippen LogP contribution in [0.25, 0.3) is 0 Å². The number of rotatable bonds is 8. The molecule has 0 N–H and O–H groups in total. The predicted octanol–water partition coefficient (Wildman–Crippen LogP) is 2.19. The summed E-state index contributed by atoms with van der Waals surface area (Å²) in [5, 5.41) is 0. The van der Waals surface area contributed by atoms with Gasteiger partial charge in [0, 0.05) is 37.8 Å². The SMILES string of the molecule is CCCCN(CCCl)CCn1ccccc1=O. The molecule has 0 radical (unpaired) electrons. The quantitative estimate of drug-likeness (QED) is 0.667. The maximum absolute atomic E-state index is 11.5. The summed E-state index contributed by atoms with van der Waals surface area (Å²) in [6.07, 6.45) is 4.20. The topological polar surface area (TPSA) is 25.2 Å². The molecule has 0 spiro atoms. The Kier molecular flexibility index (Phi) is 6.97. The van der Waals surface area contributed by atoms with Crippen LogP contribution in [-0.2, 0) is 6.54 Å². The first-order valence-corrected chi connectivity index (χ1v) is 6.75. The molecule has 4 heteroatoms. The summed E-state index contributed by atoms with van der Waals surface area (Å²) in [5.74, 6) is 0.646. The average Bonchev–Trinajstić information content (AvgIpc) is 2.34. The summed E-state index contributed by atoms with van der Waals surface area (Å²) in [4.78, 5) is 13.8. The molecule has 3 nitrogen and oxygen atoms in total. The van der Waals surface area contributed by atoms with Crippen molar-refractivity contribution in [1.29, 1.82) is 0 Å². The van der Waals surface area contributed by atoms with Crippen LogP contribution >= 0.6 is 11.6 Å². The Labute approximate surface area is 108 Å². The Balaban J connectivity index is 2.45. The Bertz CT molecular complexity index is 364. The zero-order valence-electron chi connectivity index (χ0n) is 10.4. The summed E-state index contributed by atoms with van der Waals surface area (Å²) in [6, 6.07) is 5.25. The van der Waals surface area contributed by atoms with Crippen molar-refractivity contribution in [1.82, 2.24) is 9.47 Å². The van der Waals surface area contributed by atoms with Crippen LogP contribution in [0.15, 0.2) is 29.2 Å². The van der Waals surface area contributed by atoms with Gasteiger partial charge in [-0.3, -0.25) is 4.79 Å². The first-order valence-electron chi connectivity index (χ1n) is 6.21. The molecule has 0 fully saturated rings. The van der Waals surface area contributed by atoms with Crippen LogP contribution in [0.3, 0.4) is 0 Å². The zero-order chi connectivity index (χ0) is 12.5. The van der Waals surface area contributed by atoms with Gasteiger partial charge in [0.25, 0.3) is 5.56 Å². The molecule has 0 aliphatic carbocycles. The molecule has 0 saturated heterocycles. The van der Waals surface area contributed by atoms with Crippen molar-refractivity contribution >= 4 is 11.6 Å². The lowest BCUT2D eigenvalue weighted by Crippen LogP contribution is -2.32. The smallest absolute Gasteiger partial charge is 0.250 e. The van der Waals surface area contributed by atoms with E-state index in [9.17, 15) is 4.79 Å². The van der Waals surface area contributed by atoms with Gasteiger partial charge in [-0.1, -0.05) is 19.4 Å². The summed E-state index contributed by atoms with van der Waals surface area (Å²) in [7, 11) is 0. The lowest BCUT2D eigenvalue weighted by atomic mass is 10.3. The normalized spacial score (nSPS) is 11.0. The molecule has 0 unspecified atom stereocenters. The zero-order valence-corrected chi connectivity index (χ0v) is 11.2. The number of halogens is 1. The Hall–Kier alpha value is -0.800. The van der Waals surface area contributed by atoms with E-state index in [0.717, 1.165) is 26.2 Å². The van der Waals surface area contributed by atoms with Crippen molar-refractivity contribution in [2.45, 2.75) is 26.3 Å². The summed E-state index contributed by atoms with van der Waals surface area (Å²) in [5.41, 5.74) is 0.0637. The van der Waals surface area contributed by atoms with Crippen LogP contribution in [0.5, 0.6) is 0 Å². The van der Waals surface area contributed by atoms with Gasteiger partial charge in [0.2, 0.25) is 0 Å². The van der Waals surface area contributed by atoms with Crippen molar-refractivity contribution in [3.8, 4) is 0 Å². The fourth-order valence-electron chi connectivity index (χ4n) is 1.73. The fourth-order valence-corrected chi connectivity index (χ4v) is 1.97. The molecule has 0 aromatic carbocycles. The highest BCUT2D eigenvalue weighted by Crippen LogP contribution is 1.97. The number of nitrogens with zero attached hydrogens (tertiary/aromatic N) is 2. The van der Waals surface area contributed by atoms with E-state index in [4.69, 9.17) is 11.6 Å². The van der Waals surface area contributed by atoms with Gasteiger partial charge in [-0.05, 0) is 19.0 Å². The lowest BCUT2D eigenvalue weighted by molar-refractivity contribution is 0.272. The molecule has 0 bridgehead atoms. The highest BCUT2D eigenvalue weighted by molar-refractivity contribution is 6.18. The van der Waals surface area contributed by atoms with Crippen molar-refractivity contribution < 1.29 is 0 Å². The van der Waals surface area contributed by atoms with Crippen molar-refractivity contribution in [3.63, 3.8) is 0 Å². The molecule has 1 rings (SSSR count). The van der Waals surface area contributed by atoms with E-state index >= 15 is 0 Å². The van der Waals surface area contributed by atoms with E-state index in [2.05, 4.69) is 11.8 Å². The first-order chi connectivity index (χ1) is 8.27. The first kappa shape index (κ1) is 14.3. The van der Waals surface area contributed by atoms with Crippen molar-refractivity contribution in [2.24, 2.45) is 0 Å². The van der Waals surface area contributed by atoms with Gasteiger partial charge in [0.1, 0.15) is 0 Å². The maximum Gasteiger partial charge on any atom is 0.250 e. The number of unbranched alkanes of at least 4 members (excludes halogenated alkanes) is 1. The van der Waals surface area contributed by atoms with E-state index in [1.54, 1.807) is 16.7 Å². The van der Waals surface area contributed by atoms with Crippen molar-refractivity contribution in [3.05, 3.63) is 34.7 Å². The van der Waals surface area contributed by atoms with E-state index in [-0.39, 0.29) is 5.56 Å². The molecule has 0 amide bonds. The molecular weight excluding hydrogens is 236 g/mol. The van der Waals surface area contributed by atoms with Crippen LogP contribution in [0.4, 0.5) is 0 Å². The molecule has 1 heterocycles. The highest BCUT2D eigenvalue weighted by Gasteiger charge is 2.04. The van der Waals surface area contributed by atoms with E-state index in [1.165, 1.54) is 12.8 Å². The summed E-state index contributed by atoms with van der Waals surface area (Å²) >= 11 is 5.78. The fraction of sp³-hybridized carbons (Fsp3) is 0.615. The van der Waals surface area contributed by atoms with Gasteiger partial charge in [0.15, 0.2) is 0 Å². The third kappa shape index (κ3) is 5.37. The van der Waals surface area contributed by atoms with Gasteiger partial charge < -0.3 is 9.47 Å². The standard InChI is InChI=1S/C13H21ClN2O/c1-2-3-8-15(10-7-14)11-12-16-9-5-4-6-13(16)17/h4-6,9H,2-3,7-8,10-12H2,1H3. The number of pyridine rings is 1. The molecule has 96 valence electrons. The Morgan fingerprint density at radius 2 is 2.12 bits per heavy atom. The number of aromatic nitrogens is 1. The van der Waals surface area contributed by atoms with E-state index in [1.807, 2.05) is 12.3 Å². The maximum atomic E-state index is 11.5. The number of hydrogen-bond donors (Lipinski definition) is 0. The second-order valence-electron chi connectivity index (χ2n) is 4.12. The van der Waals surface area contributed by atoms with Gasteiger partial charge >= 0.3 is 0 Å². The van der Waals surface area contributed by atoms with Crippen LogP contribution in [0.1, 0.15) is 19.8 Å². The Morgan fingerprint density at radius 1 is 1.29 bits per heavy atom. The van der Waals surface area contributed by atoms with E-state index in [0.29, 0.717) is 5.88 Å². The molecule has 0 aliphatic rings. The second kappa shape index (κ2) is 8.31. The minimum absolute atomic E-state index is 0.0637. The molecule has 1 aromatic heterocycles. The number of hydrogen-bond acceptors (Lipinski definition) is 2. The Morgan fingerprint density at radius 3 is 2.76 bits per heavy atom. The van der Waals surface area contributed by atoms with Crippen LogP contribution in [-0.4, -0.2) is 35.0 Å². The second-order valence-corrected chi connectivity index (χ2v) is 4.49. The highest BCUT2D eigenvalue weighted by atomic mass is 35.5. The monoisotopic (exact) mass is 256 g/mol. The van der Waals surface area contributed by atoms with Crippen LogP contribution in [0.2, 0.25) is 0 Å². The van der Waals surface area contributed by atoms with Crippen molar-refractivity contribution in [2.75, 3.05) is 25.5 Å². The molecular formula is C13H21ClN2O. The molecule has 0 saturated carbocycles. The minimum Gasteiger partial charge on any atom is -0.314 e. The van der Waals surface area contributed by atoms with Gasteiger partial charge in [-0.15, -0.1) is 11.6 Å². The number of alkyl halides is 1. The van der Waals surface area contributed by atoms with Gasteiger partial charge in [-0.25, -0.2) is 0 Å². The largest absolute Gasteiger partial charge is 0.314 e. The molecule has 0 aliphatic heterocycles. The van der Waals surface area contributed by atoms with Crippen LogP contribution < -0.4 is 5.56 Å². The summed E-state index contributed by atoms with van der Waals surface area (Å²) < 4.78 is 1.74. The average molecular weight is 257 g/mol. The molecule has 0 atom stereocenters. The van der Waals surface area contributed by atoms with E-state index < -0.39 is 0 Å². The lowest BCUT2D eigenvalue weighted by Gasteiger charge is -2.21. The third-order valence-corrected chi connectivity index (χ3v) is 2.95. The van der Waals surface area contributed by atoms with Crippen LogP contribution in [0, 0.1) is 0 Å². The molecule has 17 heavy (non-hydrogen) atoms. The summed E-state index contributed by atoms with van der Waals surface area (Å²) in [6.45, 7) is 5.76. The van der Waals surface area contributed by atoms with Gasteiger partial charge in [0.05, 0.1) is 0 Å². The predicted molar refractivity (Wildman–Crippen MR) is 72.8 cm³/mol. The third-order valence-electron chi connectivity index (χ3n) is 2.78. The van der Waals surface area contributed by atoms with Gasteiger partial charge in [-0.2, -0.15) is 0 Å². The molecule has 1 aromatic rings. The minimum atomic E-state index is 0.0637.